The van der Waals surface area contributed by atoms with E-state index in [0.717, 1.165) is 0 Å². The molecule has 0 amide bonds. The van der Waals surface area contributed by atoms with E-state index in [1.54, 1.807) is 0 Å². The predicted molar refractivity (Wildman–Crippen MR) is 76.3 cm³/mol. The van der Waals surface area contributed by atoms with Crippen molar-refractivity contribution >= 4 is 25.7 Å². The van der Waals surface area contributed by atoms with Gasteiger partial charge in [-0.15, -0.1) is 0 Å². The van der Waals surface area contributed by atoms with Crippen molar-refractivity contribution in [2.24, 2.45) is 5.14 Å². The lowest BCUT2D eigenvalue weighted by Gasteiger charge is -2.10. The smallest absolute Gasteiger partial charge is 0.238 e. The number of anilines is 1. The normalized spacial score (nSPS) is 12.6. The molecule has 114 valence electrons. The molecule has 0 saturated carbocycles. The molecule has 3 N–H and O–H groups in total. The zero-order valence-electron chi connectivity index (χ0n) is 11.2. The maximum Gasteiger partial charge on any atom is 0.238 e. The summed E-state index contributed by atoms with van der Waals surface area (Å²) in [5.74, 6) is -0.178. The van der Waals surface area contributed by atoms with Crippen LogP contribution in [0.1, 0.15) is 13.8 Å². The predicted octanol–water partition coefficient (Wildman–Crippen LogP) is 0.501. The highest BCUT2D eigenvalue weighted by Gasteiger charge is 2.12. The summed E-state index contributed by atoms with van der Waals surface area (Å²) in [6.45, 7) is 3.71. The second-order valence-corrected chi connectivity index (χ2v) is 7.81. The lowest BCUT2D eigenvalue weighted by atomic mass is 10.3. The first kappa shape index (κ1) is 16.9. The lowest BCUT2D eigenvalue weighted by molar-refractivity contribution is 0.0913. The minimum Gasteiger partial charge on any atom is -0.378 e. The van der Waals surface area contributed by atoms with Gasteiger partial charge in [0.25, 0.3) is 0 Å². The fraction of sp³-hybridized carbons (Fsp3) is 0.455. The zero-order valence-corrected chi connectivity index (χ0v) is 12.9. The molecule has 0 bridgehead atoms. The van der Waals surface area contributed by atoms with Gasteiger partial charge in [0.15, 0.2) is 0 Å². The number of nitrogens with two attached hydrogens (primary N) is 1. The first-order valence-corrected chi connectivity index (χ1v) is 9.05. The van der Waals surface area contributed by atoms with E-state index >= 15 is 0 Å². The SMILES string of the molecule is CC(C)OCCS(=O)(=O)Nc1ccc(S(N)(=O)=O)cc1. The molecule has 0 aliphatic heterocycles. The average molecular weight is 322 g/mol. The van der Waals surface area contributed by atoms with Gasteiger partial charge in [0, 0.05) is 5.69 Å². The highest BCUT2D eigenvalue weighted by atomic mass is 32.2. The maximum atomic E-state index is 11.7. The molecule has 0 atom stereocenters. The Morgan fingerprint density at radius 3 is 2.15 bits per heavy atom. The molecule has 7 nitrogen and oxygen atoms in total. The van der Waals surface area contributed by atoms with Crippen molar-refractivity contribution < 1.29 is 21.6 Å². The summed E-state index contributed by atoms with van der Waals surface area (Å²) in [7, 11) is -7.32. The van der Waals surface area contributed by atoms with Crippen LogP contribution in [0.4, 0.5) is 5.69 Å². The van der Waals surface area contributed by atoms with Crippen LogP contribution in [0.5, 0.6) is 0 Å². The summed E-state index contributed by atoms with van der Waals surface area (Å²) in [5, 5.41) is 4.95. The van der Waals surface area contributed by atoms with Crippen LogP contribution in [0.15, 0.2) is 29.2 Å². The fourth-order valence-electron chi connectivity index (χ4n) is 1.34. The molecule has 1 aromatic carbocycles. The quantitative estimate of drug-likeness (QED) is 0.758. The Bertz CT molecular complexity index is 636. The Morgan fingerprint density at radius 2 is 1.70 bits per heavy atom. The van der Waals surface area contributed by atoms with Crippen LogP contribution in [-0.4, -0.2) is 35.3 Å². The van der Waals surface area contributed by atoms with Gasteiger partial charge in [-0.25, -0.2) is 22.0 Å². The average Bonchev–Trinajstić information content (AvgIpc) is 2.26. The van der Waals surface area contributed by atoms with Crippen molar-refractivity contribution in [2.45, 2.75) is 24.8 Å². The van der Waals surface area contributed by atoms with Gasteiger partial charge in [-0.2, -0.15) is 0 Å². The minimum absolute atomic E-state index is 0.0424. The second-order valence-electron chi connectivity index (χ2n) is 4.41. The van der Waals surface area contributed by atoms with Crippen LogP contribution in [-0.2, 0) is 24.8 Å². The Hall–Kier alpha value is -1.16. The molecule has 0 spiro atoms. The van der Waals surface area contributed by atoms with Crippen LogP contribution in [0.2, 0.25) is 0 Å². The third-order valence-electron chi connectivity index (χ3n) is 2.26. The van der Waals surface area contributed by atoms with E-state index in [0.29, 0.717) is 0 Å². The van der Waals surface area contributed by atoms with Gasteiger partial charge in [0.2, 0.25) is 20.0 Å². The van der Waals surface area contributed by atoms with Crippen LogP contribution in [0.25, 0.3) is 0 Å². The van der Waals surface area contributed by atoms with E-state index in [2.05, 4.69) is 4.72 Å². The summed E-state index contributed by atoms with van der Waals surface area (Å²) in [6, 6.07) is 5.14. The summed E-state index contributed by atoms with van der Waals surface area (Å²) < 4.78 is 53.1. The molecule has 1 aromatic rings. The van der Waals surface area contributed by atoms with Crippen molar-refractivity contribution in [3.63, 3.8) is 0 Å². The third-order valence-corrected chi connectivity index (χ3v) is 4.44. The number of hydrogen-bond acceptors (Lipinski definition) is 5. The molecule has 0 radical (unpaired) electrons. The topological polar surface area (TPSA) is 116 Å². The van der Waals surface area contributed by atoms with Crippen LogP contribution >= 0.6 is 0 Å². The monoisotopic (exact) mass is 322 g/mol. The molecule has 9 heteroatoms. The van der Waals surface area contributed by atoms with Crippen LogP contribution in [0, 0.1) is 0 Å². The summed E-state index contributed by atoms with van der Waals surface area (Å²) >= 11 is 0. The maximum absolute atomic E-state index is 11.7. The molecular weight excluding hydrogens is 304 g/mol. The largest absolute Gasteiger partial charge is 0.378 e. The van der Waals surface area contributed by atoms with Crippen molar-refractivity contribution in [3.05, 3.63) is 24.3 Å². The molecule has 0 saturated heterocycles. The summed E-state index contributed by atoms with van der Waals surface area (Å²) in [4.78, 5) is -0.0800. The molecule has 1 rings (SSSR count). The summed E-state index contributed by atoms with van der Waals surface area (Å²) in [5.41, 5.74) is 0.266. The van der Waals surface area contributed by atoms with Gasteiger partial charge in [0.1, 0.15) is 0 Å². The number of benzene rings is 1. The van der Waals surface area contributed by atoms with E-state index in [4.69, 9.17) is 9.88 Å². The molecule has 0 unspecified atom stereocenters. The molecule has 0 heterocycles. The third kappa shape index (κ3) is 5.87. The number of hydrogen-bond donors (Lipinski definition) is 2. The number of nitrogens with one attached hydrogen (secondary N) is 1. The van der Waals surface area contributed by atoms with E-state index in [1.165, 1.54) is 24.3 Å². The van der Waals surface area contributed by atoms with Crippen molar-refractivity contribution in [1.29, 1.82) is 0 Å². The highest BCUT2D eigenvalue weighted by Crippen LogP contribution is 2.14. The lowest BCUT2D eigenvalue weighted by Crippen LogP contribution is -2.21. The fourth-order valence-corrected chi connectivity index (χ4v) is 2.77. The van der Waals surface area contributed by atoms with E-state index in [9.17, 15) is 16.8 Å². The number of primary sulfonamides is 1. The first-order valence-electron chi connectivity index (χ1n) is 5.85. The van der Waals surface area contributed by atoms with Crippen LogP contribution < -0.4 is 9.86 Å². The van der Waals surface area contributed by atoms with Gasteiger partial charge in [0.05, 0.1) is 23.4 Å². The number of ether oxygens (including phenoxy) is 1. The standard InChI is InChI=1S/C11H18N2O5S2/c1-9(2)18-7-8-19(14,15)13-10-3-5-11(6-4-10)20(12,16)17/h3-6,9,13H,7-8H2,1-2H3,(H2,12,16,17). The molecule has 0 aromatic heterocycles. The molecule has 0 aliphatic carbocycles. The molecule has 0 aliphatic rings. The van der Waals surface area contributed by atoms with E-state index < -0.39 is 20.0 Å². The number of rotatable bonds is 7. The Balaban J connectivity index is 2.68. The molecule has 0 fully saturated rings. The van der Waals surface area contributed by atoms with E-state index in [1.807, 2.05) is 13.8 Å². The zero-order chi connectivity index (χ0) is 15.4. The molecule has 20 heavy (non-hydrogen) atoms. The first-order chi connectivity index (χ1) is 9.10. The van der Waals surface area contributed by atoms with Gasteiger partial charge in [-0.05, 0) is 38.1 Å². The highest BCUT2D eigenvalue weighted by molar-refractivity contribution is 7.92. The Morgan fingerprint density at radius 1 is 1.15 bits per heavy atom. The molecular formula is C11H18N2O5S2. The summed E-state index contributed by atoms with van der Waals surface area (Å²) in [6.07, 6.45) is -0.0424. The minimum atomic E-state index is -3.78. The van der Waals surface area contributed by atoms with Crippen molar-refractivity contribution in [2.75, 3.05) is 17.1 Å². The van der Waals surface area contributed by atoms with Crippen LogP contribution in [0.3, 0.4) is 0 Å². The second kappa shape index (κ2) is 6.53. The van der Waals surface area contributed by atoms with Gasteiger partial charge in [-0.1, -0.05) is 0 Å². The van der Waals surface area contributed by atoms with Crippen molar-refractivity contribution in [3.8, 4) is 0 Å². The van der Waals surface area contributed by atoms with Gasteiger partial charge < -0.3 is 4.74 Å². The van der Waals surface area contributed by atoms with Crippen molar-refractivity contribution in [1.82, 2.24) is 0 Å². The Kier molecular flexibility index (Phi) is 5.51. The van der Waals surface area contributed by atoms with Gasteiger partial charge in [-0.3, -0.25) is 4.72 Å². The number of sulfonamides is 2. The van der Waals surface area contributed by atoms with E-state index in [-0.39, 0.29) is 29.0 Å². The van der Waals surface area contributed by atoms with Gasteiger partial charge >= 0.3 is 0 Å². The Labute approximate surface area is 119 Å².